The second-order valence-corrected chi connectivity index (χ2v) is 6.94. The smallest absolute Gasteiger partial charge is 0.410 e. The molecule has 126 valence electrons. The van der Waals surface area contributed by atoms with Gasteiger partial charge in [-0.1, -0.05) is 11.6 Å². The van der Waals surface area contributed by atoms with Crippen molar-refractivity contribution in [1.82, 2.24) is 15.2 Å². The van der Waals surface area contributed by atoms with Gasteiger partial charge in [-0.2, -0.15) is 0 Å². The fourth-order valence-electron chi connectivity index (χ4n) is 2.41. The summed E-state index contributed by atoms with van der Waals surface area (Å²) in [6.07, 6.45) is 2.80. The van der Waals surface area contributed by atoms with Crippen LogP contribution in [0.3, 0.4) is 0 Å². The summed E-state index contributed by atoms with van der Waals surface area (Å²) in [5, 5.41) is 3.08. The lowest BCUT2D eigenvalue weighted by atomic mass is 10.1. The average molecular weight is 340 g/mol. The number of nitrogens with zero attached hydrogens (tertiary/aromatic N) is 2. The Morgan fingerprint density at radius 1 is 1.43 bits per heavy atom. The van der Waals surface area contributed by atoms with E-state index in [-0.39, 0.29) is 23.2 Å². The van der Waals surface area contributed by atoms with Crippen molar-refractivity contribution in [3.05, 3.63) is 29.0 Å². The largest absolute Gasteiger partial charge is 0.444 e. The first-order valence-electron chi connectivity index (χ1n) is 7.65. The fourth-order valence-corrected chi connectivity index (χ4v) is 2.61. The first-order valence-corrected chi connectivity index (χ1v) is 8.03. The molecule has 1 fully saturated rings. The summed E-state index contributed by atoms with van der Waals surface area (Å²) in [5.41, 5.74) is -0.195. The van der Waals surface area contributed by atoms with Gasteiger partial charge in [-0.15, -0.1) is 0 Å². The van der Waals surface area contributed by atoms with Crippen molar-refractivity contribution >= 4 is 23.6 Å². The Hall–Kier alpha value is -1.82. The number of amides is 2. The van der Waals surface area contributed by atoms with Crippen molar-refractivity contribution in [3.8, 4) is 0 Å². The molecule has 0 aromatic carbocycles. The molecular formula is C16H22ClN3O3. The van der Waals surface area contributed by atoms with Crippen molar-refractivity contribution < 1.29 is 14.3 Å². The zero-order chi connectivity index (χ0) is 17.0. The molecule has 1 saturated heterocycles. The summed E-state index contributed by atoms with van der Waals surface area (Å²) >= 11 is 5.93. The molecular weight excluding hydrogens is 318 g/mol. The van der Waals surface area contributed by atoms with Gasteiger partial charge in [-0.05, 0) is 45.7 Å². The third-order valence-electron chi connectivity index (χ3n) is 3.41. The number of hydrogen-bond donors (Lipinski definition) is 1. The van der Waals surface area contributed by atoms with E-state index in [0.29, 0.717) is 18.7 Å². The van der Waals surface area contributed by atoms with E-state index in [4.69, 9.17) is 16.3 Å². The summed E-state index contributed by atoms with van der Waals surface area (Å²) < 4.78 is 5.38. The van der Waals surface area contributed by atoms with E-state index >= 15 is 0 Å². The number of rotatable bonds is 2. The van der Waals surface area contributed by atoms with Crippen LogP contribution in [0.25, 0.3) is 0 Å². The Balaban J connectivity index is 1.95. The SMILES string of the molecule is CC(C)(C)OC(=O)N1CCCC(NC(=O)c2cccnc2Cl)C1. The van der Waals surface area contributed by atoms with Gasteiger partial charge in [0.15, 0.2) is 0 Å². The summed E-state index contributed by atoms with van der Waals surface area (Å²) in [5.74, 6) is -0.279. The monoisotopic (exact) mass is 339 g/mol. The molecule has 0 spiro atoms. The minimum atomic E-state index is -0.531. The Labute approximate surface area is 141 Å². The lowest BCUT2D eigenvalue weighted by Crippen LogP contribution is -2.50. The molecule has 0 aliphatic carbocycles. The molecule has 0 saturated carbocycles. The van der Waals surface area contributed by atoms with Crippen molar-refractivity contribution in [2.75, 3.05) is 13.1 Å². The lowest BCUT2D eigenvalue weighted by Gasteiger charge is -2.34. The molecule has 1 atom stereocenters. The highest BCUT2D eigenvalue weighted by Gasteiger charge is 2.28. The maximum atomic E-state index is 12.3. The Morgan fingerprint density at radius 2 is 2.17 bits per heavy atom. The maximum Gasteiger partial charge on any atom is 0.410 e. The molecule has 1 aliphatic heterocycles. The van der Waals surface area contributed by atoms with E-state index in [0.717, 1.165) is 12.8 Å². The maximum absolute atomic E-state index is 12.3. The minimum Gasteiger partial charge on any atom is -0.444 e. The standard InChI is InChI=1S/C16H22ClN3O3/c1-16(2,3)23-15(22)20-9-5-6-11(10-20)19-14(21)12-7-4-8-18-13(12)17/h4,7-8,11H,5-6,9-10H2,1-3H3,(H,19,21). The van der Waals surface area contributed by atoms with Crippen LogP contribution in [-0.4, -0.2) is 46.6 Å². The van der Waals surface area contributed by atoms with Crippen LogP contribution >= 0.6 is 11.6 Å². The first kappa shape index (κ1) is 17.5. The predicted octanol–water partition coefficient (Wildman–Crippen LogP) is 2.86. The van der Waals surface area contributed by atoms with Gasteiger partial charge in [-0.3, -0.25) is 4.79 Å². The van der Waals surface area contributed by atoms with Crippen LogP contribution in [0.4, 0.5) is 4.79 Å². The highest BCUT2D eigenvalue weighted by molar-refractivity contribution is 6.32. The molecule has 7 heteroatoms. The van der Waals surface area contributed by atoms with Crippen LogP contribution in [-0.2, 0) is 4.74 Å². The molecule has 6 nitrogen and oxygen atoms in total. The van der Waals surface area contributed by atoms with Gasteiger partial charge in [0, 0.05) is 25.3 Å². The fraction of sp³-hybridized carbons (Fsp3) is 0.562. The van der Waals surface area contributed by atoms with E-state index in [1.54, 1.807) is 17.0 Å². The molecule has 1 unspecified atom stereocenters. The Morgan fingerprint density at radius 3 is 2.83 bits per heavy atom. The average Bonchev–Trinajstić information content (AvgIpc) is 2.46. The molecule has 1 aromatic rings. The number of pyridine rings is 1. The zero-order valence-electron chi connectivity index (χ0n) is 13.6. The first-order chi connectivity index (χ1) is 10.8. The van der Waals surface area contributed by atoms with Crippen LogP contribution in [0.1, 0.15) is 44.0 Å². The Kier molecular flexibility index (Phi) is 5.46. The second kappa shape index (κ2) is 7.17. The molecule has 0 radical (unpaired) electrons. The lowest BCUT2D eigenvalue weighted by molar-refractivity contribution is 0.0185. The third-order valence-corrected chi connectivity index (χ3v) is 3.71. The molecule has 1 aromatic heterocycles. The molecule has 1 N–H and O–H groups in total. The summed E-state index contributed by atoms with van der Waals surface area (Å²) in [4.78, 5) is 29.9. The van der Waals surface area contributed by atoms with Crippen LogP contribution in [0.5, 0.6) is 0 Å². The van der Waals surface area contributed by atoms with Crippen LogP contribution in [0.2, 0.25) is 5.15 Å². The van der Waals surface area contributed by atoms with Gasteiger partial charge in [0.2, 0.25) is 0 Å². The summed E-state index contributed by atoms with van der Waals surface area (Å²) in [6, 6.07) is 3.16. The Bertz CT molecular complexity index is 586. The van der Waals surface area contributed by atoms with Crippen LogP contribution in [0, 0.1) is 0 Å². The second-order valence-electron chi connectivity index (χ2n) is 6.58. The predicted molar refractivity (Wildman–Crippen MR) is 87.5 cm³/mol. The summed E-state index contributed by atoms with van der Waals surface area (Å²) in [7, 11) is 0. The molecule has 2 amide bonds. The molecule has 2 rings (SSSR count). The molecule has 23 heavy (non-hydrogen) atoms. The van der Waals surface area contributed by atoms with E-state index in [1.807, 2.05) is 20.8 Å². The highest BCUT2D eigenvalue weighted by atomic mass is 35.5. The van der Waals surface area contributed by atoms with Crippen LogP contribution in [0.15, 0.2) is 18.3 Å². The number of hydrogen-bond acceptors (Lipinski definition) is 4. The molecule has 1 aliphatic rings. The van der Waals surface area contributed by atoms with E-state index in [9.17, 15) is 9.59 Å². The normalized spacial score (nSPS) is 18.4. The van der Waals surface area contributed by atoms with Crippen molar-refractivity contribution in [2.45, 2.75) is 45.3 Å². The van der Waals surface area contributed by atoms with Gasteiger partial charge in [0.25, 0.3) is 5.91 Å². The number of halogens is 1. The van der Waals surface area contributed by atoms with Gasteiger partial charge < -0.3 is 15.0 Å². The van der Waals surface area contributed by atoms with Gasteiger partial charge in [-0.25, -0.2) is 9.78 Å². The summed E-state index contributed by atoms with van der Waals surface area (Å²) in [6.45, 7) is 6.56. The van der Waals surface area contributed by atoms with Gasteiger partial charge in [0.05, 0.1) is 5.56 Å². The van der Waals surface area contributed by atoms with Gasteiger partial charge >= 0.3 is 6.09 Å². The quantitative estimate of drug-likeness (QED) is 0.841. The molecule has 0 bridgehead atoms. The van der Waals surface area contributed by atoms with Crippen molar-refractivity contribution in [3.63, 3.8) is 0 Å². The topological polar surface area (TPSA) is 71.5 Å². The number of carbonyl (C=O) groups excluding carboxylic acids is 2. The highest BCUT2D eigenvalue weighted by Crippen LogP contribution is 2.17. The zero-order valence-corrected chi connectivity index (χ0v) is 14.4. The van der Waals surface area contributed by atoms with Crippen molar-refractivity contribution in [2.24, 2.45) is 0 Å². The number of ether oxygens (including phenoxy) is 1. The molecule has 2 heterocycles. The van der Waals surface area contributed by atoms with Gasteiger partial charge in [0.1, 0.15) is 10.8 Å². The van der Waals surface area contributed by atoms with E-state index < -0.39 is 5.60 Å². The number of piperidine rings is 1. The van der Waals surface area contributed by atoms with E-state index in [2.05, 4.69) is 10.3 Å². The van der Waals surface area contributed by atoms with Crippen LogP contribution < -0.4 is 5.32 Å². The van der Waals surface area contributed by atoms with Crippen molar-refractivity contribution in [1.29, 1.82) is 0 Å². The number of likely N-dealkylation sites (tertiary alicyclic amines) is 1. The minimum absolute atomic E-state index is 0.125. The van der Waals surface area contributed by atoms with E-state index in [1.165, 1.54) is 6.20 Å². The number of aromatic nitrogens is 1. The third kappa shape index (κ3) is 5.10. The number of carbonyl (C=O) groups is 2. The number of nitrogens with one attached hydrogen (secondary N) is 1.